The Hall–Kier alpha value is -1.87. The Morgan fingerprint density at radius 3 is 2.58 bits per heavy atom. The van der Waals surface area contributed by atoms with Gasteiger partial charge in [0.15, 0.2) is 0 Å². The van der Waals surface area contributed by atoms with Crippen LogP contribution in [0.2, 0.25) is 0 Å². The second-order valence-electron chi connectivity index (χ2n) is 4.51. The number of aryl methyl sites for hydroxylation is 1. The highest BCUT2D eigenvalue weighted by molar-refractivity contribution is 5.31. The largest absolute Gasteiger partial charge is 0.439 e. The molecule has 2 aromatic rings. The molecule has 0 fully saturated rings. The fourth-order valence-corrected chi connectivity index (χ4v) is 1.83. The minimum Gasteiger partial charge on any atom is -0.439 e. The van der Waals surface area contributed by atoms with Gasteiger partial charge in [0.05, 0.1) is 6.61 Å². The monoisotopic (exact) mass is 257 g/mol. The van der Waals surface area contributed by atoms with Crippen molar-refractivity contribution in [1.82, 2.24) is 4.98 Å². The minimum atomic E-state index is -0.00512. The number of hydrogen-bond acceptors (Lipinski definition) is 3. The molecule has 0 radical (unpaired) electrons. The maximum Gasteiger partial charge on any atom is 0.219 e. The quantitative estimate of drug-likeness (QED) is 0.857. The first-order chi connectivity index (χ1) is 9.31. The summed E-state index contributed by atoms with van der Waals surface area (Å²) in [6.07, 6.45) is 5.15. The Labute approximate surface area is 113 Å². The fourth-order valence-electron chi connectivity index (χ4n) is 1.83. The first-order valence-corrected chi connectivity index (χ1v) is 6.64. The van der Waals surface area contributed by atoms with Crippen molar-refractivity contribution >= 4 is 0 Å². The maximum absolute atomic E-state index is 9.06. The van der Waals surface area contributed by atoms with Crippen LogP contribution in [0, 0.1) is 0 Å². The molecule has 3 nitrogen and oxygen atoms in total. The van der Waals surface area contributed by atoms with Gasteiger partial charge in [0.25, 0.3) is 0 Å². The number of aliphatic hydroxyl groups excluding tert-OH is 1. The van der Waals surface area contributed by atoms with Crippen molar-refractivity contribution in [2.45, 2.75) is 32.8 Å². The van der Waals surface area contributed by atoms with Crippen LogP contribution >= 0.6 is 0 Å². The van der Waals surface area contributed by atoms with Crippen LogP contribution in [0.5, 0.6) is 11.6 Å². The van der Waals surface area contributed by atoms with Crippen LogP contribution in [0.15, 0.2) is 42.6 Å². The standard InChI is InChI=1S/C16H19NO2/c1-2-3-4-13-5-7-15(8-6-13)19-16-11-14(12-18)9-10-17-16/h5-11,18H,2-4,12H2,1H3. The smallest absolute Gasteiger partial charge is 0.219 e. The molecule has 3 heteroatoms. The van der Waals surface area contributed by atoms with Crippen molar-refractivity contribution in [1.29, 1.82) is 0 Å². The summed E-state index contributed by atoms with van der Waals surface area (Å²) in [6.45, 7) is 2.19. The number of pyridine rings is 1. The Bertz CT molecular complexity index is 508. The van der Waals surface area contributed by atoms with Gasteiger partial charge in [-0.25, -0.2) is 4.98 Å². The number of ether oxygens (including phenoxy) is 1. The van der Waals surface area contributed by atoms with Crippen LogP contribution in [0.25, 0.3) is 0 Å². The van der Waals surface area contributed by atoms with E-state index in [0.717, 1.165) is 17.7 Å². The molecule has 0 aliphatic carbocycles. The summed E-state index contributed by atoms with van der Waals surface area (Å²) in [4.78, 5) is 4.12. The van der Waals surface area contributed by atoms with Crippen LogP contribution in [0.1, 0.15) is 30.9 Å². The van der Waals surface area contributed by atoms with E-state index in [1.165, 1.54) is 18.4 Å². The third-order valence-electron chi connectivity index (χ3n) is 2.95. The van der Waals surface area contributed by atoms with Crippen molar-refractivity contribution in [3.8, 4) is 11.6 Å². The fraction of sp³-hybridized carbons (Fsp3) is 0.312. The molecular weight excluding hydrogens is 238 g/mol. The topological polar surface area (TPSA) is 42.4 Å². The van der Waals surface area contributed by atoms with Crippen molar-refractivity contribution < 1.29 is 9.84 Å². The zero-order chi connectivity index (χ0) is 13.5. The molecule has 1 heterocycles. The molecule has 1 N–H and O–H groups in total. The van der Waals surface area contributed by atoms with Crippen molar-refractivity contribution in [3.05, 3.63) is 53.7 Å². The van der Waals surface area contributed by atoms with Gasteiger partial charge in [-0.2, -0.15) is 0 Å². The Balaban J connectivity index is 2.02. The maximum atomic E-state index is 9.06. The first kappa shape index (κ1) is 13.6. The van der Waals surface area contributed by atoms with Crippen LogP contribution in [-0.4, -0.2) is 10.1 Å². The number of benzene rings is 1. The molecule has 1 aromatic heterocycles. The highest BCUT2D eigenvalue weighted by Gasteiger charge is 2.00. The van der Waals surface area contributed by atoms with Crippen LogP contribution < -0.4 is 4.74 Å². The second kappa shape index (κ2) is 6.90. The molecular formula is C16H19NO2. The van der Waals surface area contributed by atoms with E-state index in [-0.39, 0.29) is 6.61 Å². The molecule has 0 unspecified atom stereocenters. The first-order valence-electron chi connectivity index (χ1n) is 6.64. The molecule has 1 aromatic carbocycles. The third kappa shape index (κ3) is 4.07. The van der Waals surface area contributed by atoms with Gasteiger partial charge in [-0.3, -0.25) is 0 Å². The molecule has 0 aliphatic heterocycles. The van der Waals surface area contributed by atoms with E-state index in [1.807, 2.05) is 12.1 Å². The summed E-state index contributed by atoms with van der Waals surface area (Å²) in [7, 11) is 0. The summed E-state index contributed by atoms with van der Waals surface area (Å²) in [5.74, 6) is 1.27. The summed E-state index contributed by atoms with van der Waals surface area (Å²) in [5.41, 5.74) is 2.12. The molecule has 19 heavy (non-hydrogen) atoms. The molecule has 0 amide bonds. The third-order valence-corrected chi connectivity index (χ3v) is 2.95. The Kier molecular flexibility index (Phi) is 4.93. The molecule has 0 atom stereocenters. The lowest BCUT2D eigenvalue weighted by Crippen LogP contribution is -1.91. The van der Waals surface area contributed by atoms with Crippen molar-refractivity contribution in [2.75, 3.05) is 0 Å². The number of nitrogens with zero attached hydrogens (tertiary/aromatic N) is 1. The van der Waals surface area contributed by atoms with E-state index in [1.54, 1.807) is 18.3 Å². The number of rotatable bonds is 6. The number of aliphatic hydroxyl groups is 1. The van der Waals surface area contributed by atoms with Gasteiger partial charge in [-0.05, 0) is 42.2 Å². The highest BCUT2D eigenvalue weighted by Crippen LogP contribution is 2.21. The number of unbranched alkanes of at least 4 members (excludes halogenated alkanes) is 1. The molecule has 0 spiro atoms. The zero-order valence-corrected chi connectivity index (χ0v) is 11.2. The van der Waals surface area contributed by atoms with Crippen molar-refractivity contribution in [3.63, 3.8) is 0 Å². The second-order valence-corrected chi connectivity index (χ2v) is 4.51. The lowest BCUT2D eigenvalue weighted by atomic mass is 10.1. The van der Waals surface area contributed by atoms with Gasteiger partial charge in [-0.15, -0.1) is 0 Å². The van der Waals surface area contributed by atoms with E-state index in [0.29, 0.717) is 5.88 Å². The SMILES string of the molecule is CCCCc1ccc(Oc2cc(CO)ccn2)cc1. The molecule has 2 rings (SSSR count). The van der Waals surface area contributed by atoms with E-state index >= 15 is 0 Å². The van der Waals surface area contributed by atoms with Crippen LogP contribution in [0.3, 0.4) is 0 Å². The van der Waals surface area contributed by atoms with Gasteiger partial charge in [0.1, 0.15) is 5.75 Å². The van der Waals surface area contributed by atoms with Crippen LogP contribution in [-0.2, 0) is 13.0 Å². The molecule has 0 saturated heterocycles. The molecule has 0 saturated carbocycles. The number of hydrogen-bond donors (Lipinski definition) is 1. The molecule has 0 bridgehead atoms. The lowest BCUT2D eigenvalue weighted by Gasteiger charge is -2.06. The summed E-state index contributed by atoms with van der Waals surface area (Å²) >= 11 is 0. The average Bonchev–Trinajstić information content (AvgIpc) is 2.47. The van der Waals surface area contributed by atoms with Gasteiger partial charge in [0.2, 0.25) is 5.88 Å². The van der Waals surface area contributed by atoms with Gasteiger partial charge in [0, 0.05) is 12.3 Å². The summed E-state index contributed by atoms with van der Waals surface area (Å²) in [5, 5.41) is 9.06. The normalized spacial score (nSPS) is 10.4. The minimum absolute atomic E-state index is 0.00512. The van der Waals surface area contributed by atoms with Gasteiger partial charge in [-0.1, -0.05) is 25.5 Å². The van der Waals surface area contributed by atoms with E-state index in [2.05, 4.69) is 24.0 Å². The van der Waals surface area contributed by atoms with E-state index in [4.69, 9.17) is 9.84 Å². The number of aromatic nitrogens is 1. The molecule has 0 aliphatic rings. The van der Waals surface area contributed by atoms with E-state index in [9.17, 15) is 0 Å². The highest BCUT2D eigenvalue weighted by atomic mass is 16.5. The van der Waals surface area contributed by atoms with E-state index < -0.39 is 0 Å². The summed E-state index contributed by atoms with van der Waals surface area (Å²) in [6, 6.07) is 11.6. The lowest BCUT2D eigenvalue weighted by molar-refractivity contribution is 0.281. The predicted octanol–water partition coefficient (Wildman–Crippen LogP) is 3.71. The Morgan fingerprint density at radius 1 is 1.11 bits per heavy atom. The molecule has 100 valence electrons. The van der Waals surface area contributed by atoms with Crippen molar-refractivity contribution in [2.24, 2.45) is 0 Å². The van der Waals surface area contributed by atoms with Crippen LogP contribution in [0.4, 0.5) is 0 Å². The van der Waals surface area contributed by atoms with Gasteiger partial charge < -0.3 is 9.84 Å². The predicted molar refractivity (Wildman–Crippen MR) is 75.3 cm³/mol. The Morgan fingerprint density at radius 2 is 1.89 bits per heavy atom. The zero-order valence-electron chi connectivity index (χ0n) is 11.2. The average molecular weight is 257 g/mol. The van der Waals surface area contributed by atoms with Gasteiger partial charge >= 0.3 is 0 Å². The summed E-state index contributed by atoms with van der Waals surface area (Å²) < 4.78 is 5.66.